The maximum Gasteiger partial charge on any atom is 0.294 e. The van der Waals surface area contributed by atoms with Crippen LogP contribution in [0, 0.1) is 17.0 Å². The Balaban J connectivity index is 2.52. The van der Waals surface area contributed by atoms with Crippen molar-refractivity contribution >= 4 is 32.9 Å². The maximum atomic E-state index is 11.3. The third-order valence-corrected chi connectivity index (χ3v) is 4.03. The monoisotopic (exact) mass is 295 g/mol. The van der Waals surface area contributed by atoms with E-state index in [9.17, 15) is 10.1 Å². The SMILES string of the molecule is CCN(CCCO)c1cc2nc(C)sc2cc1[N+](=O)[O-]. The molecule has 0 spiro atoms. The second kappa shape index (κ2) is 6.15. The fourth-order valence-corrected chi connectivity index (χ4v) is 3.02. The molecule has 1 N–H and O–H groups in total. The van der Waals surface area contributed by atoms with Crippen LogP contribution in [0.25, 0.3) is 10.2 Å². The van der Waals surface area contributed by atoms with E-state index in [4.69, 9.17) is 5.11 Å². The van der Waals surface area contributed by atoms with Gasteiger partial charge in [0, 0.05) is 25.8 Å². The van der Waals surface area contributed by atoms with Crippen molar-refractivity contribution in [1.29, 1.82) is 0 Å². The zero-order chi connectivity index (χ0) is 14.7. The molecule has 0 atom stereocenters. The van der Waals surface area contributed by atoms with Crippen molar-refractivity contribution in [3.05, 3.63) is 27.3 Å². The van der Waals surface area contributed by atoms with Crippen molar-refractivity contribution in [3.8, 4) is 0 Å². The molecule has 0 unspecified atom stereocenters. The molecule has 1 heterocycles. The zero-order valence-electron chi connectivity index (χ0n) is 11.5. The molecule has 108 valence electrons. The van der Waals surface area contributed by atoms with Crippen LogP contribution in [0.5, 0.6) is 0 Å². The summed E-state index contributed by atoms with van der Waals surface area (Å²) in [5.74, 6) is 0. The van der Waals surface area contributed by atoms with Gasteiger partial charge in [-0.05, 0) is 26.3 Å². The van der Waals surface area contributed by atoms with E-state index in [0.29, 0.717) is 25.2 Å². The highest BCUT2D eigenvalue weighted by Crippen LogP contribution is 2.35. The van der Waals surface area contributed by atoms with E-state index in [2.05, 4.69) is 4.98 Å². The Morgan fingerprint density at radius 2 is 2.25 bits per heavy atom. The summed E-state index contributed by atoms with van der Waals surface area (Å²) in [6.07, 6.45) is 0.582. The molecule has 1 aromatic heterocycles. The van der Waals surface area contributed by atoms with E-state index in [-0.39, 0.29) is 17.2 Å². The summed E-state index contributed by atoms with van der Waals surface area (Å²) >= 11 is 1.46. The summed E-state index contributed by atoms with van der Waals surface area (Å²) in [4.78, 5) is 17.2. The first-order valence-corrected chi connectivity index (χ1v) is 7.29. The lowest BCUT2D eigenvalue weighted by molar-refractivity contribution is -0.384. The number of fused-ring (bicyclic) bond motifs is 1. The van der Waals surface area contributed by atoms with Gasteiger partial charge >= 0.3 is 0 Å². The molecule has 0 saturated heterocycles. The first-order valence-electron chi connectivity index (χ1n) is 6.48. The van der Waals surface area contributed by atoms with Crippen LogP contribution in [-0.4, -0.2) is 34.7 Å². The molecule has 0 saturated carbocycles. The van der Waals surface area contributed by atoms with Crippen molar-refractivity contribution in [1.82, 2.24) is 4.98 Å². The topological polar surface area (TPSA) is 79.5 Å². The van der Waals surface area contributed by atoms with Crippen molar-refractivity contribution in [2.45, 2.75) is 20.3 Å². The highest BCUT2D eigenvalue weighted by Gasteiger charge is 2.21. The third-order valence-electron chi connectivity index (χ3n) is 3.10. The van der Waals surface area contributed by atoms with Gasteiger partial charge in [-0.3, -0.25) is 10.1 Å². The van der Waals surface area contributed by atoms with E-state index in [1.165, 1.54) is 11.3 Å². The number of hydrogen-bond acceptors (Lipinski definition) is 6. The van der Waals surface area contributed by atoms with Crippen LogP contribution in [0.4, 0.5) is 11.4 Å². The minimum atomic E-state index is -0.356. The molecule has 6 nitrogen and oxygen atoms in total. The Kier molecular flexibility index (Phi) is 4.51. The molecular formula is C13H17N3O3S. The molecular weight excluding hydrogens is 278 g/mol. The van der Waals surface area contributed by atoms with Crippen LogP contribution in [0.1, 0.15) is 18.4 Å². The van der Waals surface area contributed by atoms with E-state index in [1.807, 2.05) is 18.7 Å². The molecule has 0 aliphatic carbocycles. The molecule has 7 heteroatoms. The second-order valence-electron chi connectivity index (χ2n) is 4.46. The third kappa shape index (κ3) is 2.88. The fourth-order valence-electron chi connectivity index (χ4n) is 2.18. The number of benzene rings is 1. The lowest BCUT2D eigenvalue weighted by atomic mass is 10.2. The van der Waals surface area contributed by atoms with Gasteiger partial charge in [-0.1, -0.05) is 0 Å². The molecule has 20 heavy (non-hydrogen) atoms. The summed E-state index contributed by atoms with van der Waals surface area (Å²) in [7, 11) is 0. The molecule has 2 rings (SSSR count). The van der Waals surface area contributed by atoms with Gasteiger partial charge in [0.1, 0.15) is 5.69 Å². The smallest absolute Gasteiger partial charge is 0.294 e. The van der Waals surface area contributed by atoms with E-state index >= 15 is 0 Å². The van der Waals surface area contributed by atoms with Crippen LogP contribution in [0.2, 0.25) is 0 Å². The number of nitro benzene ring substituents is 1. The predicted octanol–water partition coefficient (Wildman–Crippen LogP) is 2.72. The summed E-state index contributed by atoms with van der Waals surface area (Å²) < 4.78 is 0.830. The van der Waals surface area contributed by atoms with E-state index in [0.717, 1.165) is 15.2 Å². The number of thiazole rings is 1. The van der Waals surface area contributed by atoms with Crippen LogP contribution in [-0.2, 0) is 0 Å². The van der Waals surface area contributed by atoms with Crippen molar-refractivity contribution in [2.24, 2.45) is 0 Å². The molecule has 0 amide bonds. The minimum absolute atomic E-state index is 0.0718. The largest absolute Gasteiger partial charge is 0.396 e. The average molecular weight is 295 g/mol. The van der Waals surface area contributed by atoms with Crippen molar-refractivity contribution < 1.29 is 10.0 Å². The zero-order valence-corrected chi connectivity index (χ0v) is 12.3. The maximum absolute atomic E-state index is 11.3. The van der Waals surface area contributed by atoms with Crippen molar-refractivity contribution in [3.63, 3.8) is 0 Å². The molecule has 2 aromatic rings. The Bertz CT molecular complexity index is 627. The number of nitrogens with zero attached hydrogens (tertiary/aromatic N) is 3. The Labute approximate surface area is 120 Å². The van der Waals surface area contributed by atoms with Crippen LogP contribution < -0.4 is 4.90 Å². The standard InChI is InChI=1S/C13H17N3O3S/c1-3-15(5-4-6-17)11-7-10-13(20-9(2)14-10)8-12(11)16(18)19/h7-8,17H,3-6H2,1-2H3. The van der Waals surface area contributed by atoms with E-state index < -0.39 is 0 Å². The van der Waals surface area contributed by atoms with Gasteiger partial charge in [0.25, 0.3) is 5.69 Å². The van der Waals surface area contributed by atoms with E-state index in [1.54, 1.807) is 12.1 Å². The number of rotatable bonds is 6. The summed E-state index contributed by atoms with van der Waals surface area (Å²) in [6.45, 7) is 5.14. The number of aliphatic hydroxyl groups is 1. The van der Waals surface area contributed by atoms with Crippen LogP contribution in [0.15, 0.2) is 12.1 Å². The highest BCUT2D eigenvalue weighted by molar-refractivity contribution is 7.18. The average Bonchev–Trinajstić information content (AvgIpc) is 2.77. The number of aliphatic hydroxyl groups excluding tert-OH is 1. The number of anilines is 1. The molecule has 0 fully saturated rings. The Morgan fingerprint density at radius 1 is 1.50 bits per heavy atom. The number of hydrogen-bond donors (Lipinski definition) is 1. The quantitative estimate of drug-likeness (QED) is 0.654. The van der Waals surface area contributed by atoms with Gasteiger partial charge in [-0.2, -0.15) is 0 Å². The van der Waals surface area contributed by atoms with Gasteiger partial charge in [-0.25, -0.2) is 4.98 Å². The van der Waals surface area contributed by atoms with Crippen LogP contribution >= 0.6 is 11.3 Å². The summed E-state index contributed by atoms with van der Waals surface area (Å²) in [5, 5.41) is 21.1. The number of aryl methyl sites for hydroxylation is 1. The number of aromatic nitrogens is 1. The fraction of sp³-hybridized carbons (Fsp3) is 0.462. The summed E-state index contributed by atoms with van der Waals surface area (Å²) in [5.41, 5.74) is 1.46. The molecule has 0 aliphatic rings. The highest BCUT2D eigenvalue weighted by atomic mass is 32.1. The molecule has 0 radical (unpaired) electrons. The number of nitro groups is 1. The van der Waals surface area contributed by atoms with Gasteiger partial charge < -0.3 is 10.0 Å². The first kappa shape index (κ1) is 14.7. The Hall–Kier alpha value is -1.73. The Morgan fingerprint density at radius 3 is 2.85 bits per heavy atom. The lowest BCUT2D eigenvalue weighted by Gasteiger charge is -2.22. The predicted molar refractivity (Wildman–Crippen MR) is 80.6 cm³/mol. The van der Waals surface area contributed by atoms with Gasteiger partial charge in [0.05, 0.1) is 20.1 Å². The van der Waals surface area contributed by atoms with Gasteiger partial charge in [0.2, 0.25) is 0 Å². The van der Waals surface area contributed by atoms with Gasteiger partial charge in [-0.15, -0.1) is 11.3 Å². The molecule has 0 bridgehead atoms. The van der Waals surface area contributed by atoms with Crippen molar-refractivity contribution in [2.75, 3.05) is 24.6 Å². The lowest BCUT2D eigenvalue weighted by Crippen LogP contribution is -2.25. The first-order chi connectivity index (χ1) is 9.56. The summed E-state index contributed by atoms with van der Waals surface area (Å²) in [6, 6.07) is 3.37. The second-order valence-corrected chi connectivity index (χ2v) is 5.69. The van der Waals surface area contributed by atoms with Gasteiger partial charge in [0.15, 0.2) is 0 Å². The minimum Gasteiger partial charge on any atom is -0.396 e. The normalized spacial score (nSPS) is 10.9. The van der Waals surface area contributed by atoms with Crippen LogP contribution in [0.3, 0.4) is 0 Å². The molecule has 0 aliphatic heterocycles. The molecule has 1 aromatic carbocycles.